The van der Waals surface area contributed by atoms with Crippen LogP contribution in [0.5, 0.6) is 0 Å². The Labute approximate surface area is 154 Å². The molecule has 0 bridgehead atoms. The molecule has 0 radical (unpaired) electrons. The van der Waals surface area contributed by atoms with Crippen LogP contribution in [0.3, 0.4) is 0 Å². The van der Waals surface area contributed by atoms with Crippen LogP contribution in [0.1, 0.15) is 24.5 Å². The molecule has 2 amide bonds. The van der Waals surface area contributed by atoms with E-state index in [1.54, 1.807) is 4.90 Å². The molecule has 0 saturated carbocycles. The summed E-state index contributed by atoms with van der Waals surface area (Å²) in [5, 5.41) is 0. The summed E-state index contributed by atoms with van der Waals surface area (Å²) in [4.78, 5) is 28.1. The Kier molecular flexibility index (Phi) is 5.56. The van der Waals surface area contributed by atoms with Crippen LogP contribution >= 0.6 is 0 Å². The standard InChI is InChI=1S/C21H25N3O2/c1-16-13-18-9-5-6-10-19(18)24(16)15-21(26)23(12-11-20(22)25)14-17-7-3-2-4-8-17/h2-10,16H,11-15H2,1H3,(H2,22,25). The minimum Gasteiger partial charge on any atom is -0.370 e. The van der Waals surface area contributed by atoms with E-state index in [1.165, 1.54) is 5.56 Å². The van der Waals surface area contributed by atoms with Crippen molar-refractivity contribution in [1.82, 2.24) is 4.90 Å². The number of carbonyl (C=O) groups excluding carboxylic acids is 2. The zero-order valence-corrected chi connectivity index (χ0v) is 15.1. The van der Waals surface area contributed by atoms with Gasteiger partial charge in [-0.15, -0.1) is 0 Å². The van der Waals surface area contributed by atoms with E-state index in [0.717, 1.165) is 17.7 Å². The fourth-order valence-corrected chi connectivity index (χ4v) is 3.46. The number of carbonyl (C=O) groups is 2. The number of hydrogen-bond acceptors (Lipinski definition) is 3. The first-order chi connectivity index (χ1) is 12.5. The van der Waals surface area contributed by atoms with Crippen LogP contribution in [0.15, 0.2) is 54.6 Å². The molecule has 2 aromatic rings. The second kappa shape index (κ2) is 8.04. The minimum atomic E-state index is -0.393. The summed E-state index contributed by atoms with van der Waals surface area (Å²) in [6.45, 7) is 3.27. The predicted octanol–water partition coefficient (Wildman–Crippen LogP) is 2.34. The Morgan fingerprint density at radius 3 is 2.54 bits per heavy atom. The van der Waals surface area contributed by atoms with Crippen LogP contribution in [0.2, 0.25) is 0 Å². The molecule has 0 saturated heterocycles. The number of nitrogens with zero attached hydrogens (tertiary/aromatic N) is 2. The molecule has 1 aliphatic rings. The molecular formula is C21H25N3O2. The molecule has 3 rings (SSSR count). The molecule has 0 aliphatic carbocycles. The third kappa shape index (κ3) is 4.23. The largest absolute Gasteiger partial charge is 0.370 e. The molecule has 5 heteroatoms. The molecule has 5 nitrogen and oxygen atoms in total. The van der Waals surface area contributed by atoms with Gasteiger partial charge in [0.05, 0.1) is 6.54 Å². The van der Waals surface area contributed by atoms with Crippen molar-refractivity contribution in [1.29, 1.82) is 0 Å². The van der Waals surface area contributed by atoms with E-state index < -0.39 is 5.91 Å². The summed E-state index contributed by atoms with van der Waals surface area (Å²) in [6.07, 6.45) is 1.12. The number of hydrogen-bond donors (Lipinski definition) is 1. The smallest absolute Gasteiger partial charge is 0.242 e. The Hall–Kier alpha value is -2.82. The van der Waals surface area contributed by atoms with Crippen molar-refractivity contribution in [3.8, 4) is 0 Å². The Balaban J connectivity index is 1.73. The average molecular weight is 351 g/mol. The van der Waals surface area contributed by atoms with Crippen LogP contribution in [-0.2, 0) is 22.6 Å². The van der Waals surface area contributed by atoms with E-state index >= 15 is 0 Å². The Morgan fingerprint density at radius 2 is 1.81 bits per heavy atom. The van der Waals surface area contributed by atoms with Gasteiger partial charge >= 0.3 is 0 Å². The molecule has 1 aliphatic heterocycles. The van der Waals surface area contributed by atoms with Crippen molar-refractivity contribution in [3.05, 3.63) is 65.7 Å². The first-order valence-electron chi connectivity index (χ1n) is 8.99. The van der Waals surface area contributed by atoms with E-state index in [9.17, 15) is 9.59 Å². The molecule has 0 aromatic heterocycles. The van der Waals surface area contributed by atoms with Crippen LogP contribution in [0.25, 0.3) is 0 Å². The number of amides is 2. The van der Waals surface area contributed by atoms with E-state index in [0.29, 0.717) is 19.6 Å². The van der Waals surface area contributed by atoms with Gasteiger partial charge in [0.1, 0.15) is 0 Å². The lowest BCUT2D eigenvalue weighted by Crippen LogP contribution is -2.43. The first-order valence-corrected chi connectivity index (χ1v) is 8.99. The van der Waals surface area contributed by atoms with Crippen molar-refractivity contribution < 1.29 is 9.59 Å². The number of anilines is 1. The lowest BCUT2D eigenvalue weighted by Gasteiger charge is -2.29. The summed E-state index contributed by atoms with van der Waals surface area (Å²) < 4.78 is 0. The topological polar surface area (TPSA) is 66.6 Å². The average Bonchev–Trinajstić information content (AvgIpc) is 2.95. The SMILES string of the molecule is CC1Cc2ccccc2N1CC(=O)N(CCC(N)=O)Cc1ccccc1. The van der Waals surface area contributed by atoms with E-state index in [2.05, 4.69) is 24.0 Å². The molecule has 26 heavy (non-hydrogen) atoms. The van der Waals surface area contributed by atoms with Gasteiger partial charge in [0.2, 0.25) is 11.8 Å². The first kappa shape index (κ1) is 18.0. The van der Waals surface area contributed by atoms with Crippen molar-refractivity contribution >= 4 is 17.5 Å². The van der Waals surface area contributed by atoms with Gasteiger partial charge in [0.25, 0.3) is 0 Å². The maximum absolute atomic E-state index is 13.0. The fourth-order valence-electron chi connectivity index (χ4n) is 3.46. The third-order valence-electron chi connectivity index (χ3n) is 4.85. The fraction of sp³-hybridized carbons (Fsp3) is 0.333. The zero-order valence-electron chi connectivity index (χ0n) is 15.1. The molecule has 1 heterocycles. The molecular weight excluding hydrogens is 326 g/mol. The van der Waals surface area contributed by atoms with Gasteiger partial charge in [-0.1, -0.05) is 48.5 Å². The van der Waals surface area contributed by atoms with E-state index in [1.807, 2.05) is 42.5 Å². The Bertz CT molecular complexity index is 776. The molecule has 2 N–H and O–H groups in total. The van der Waals surface area contributed by atoms with Crippen molar-refractivity contribution in [3.63, 3.8) is 0 Å². The quantitative estimate of drug-likeness (QED) is 0.833. The number of para-hydroxylation sites is 1. The lowest BCUT2D eigenvalue weighted by atomic mass is 10.1. The summed E-state index contributed by atoms with van der Waals surface area (Å²) in [5.74, 6) is -0.380. The highest BCUT2D eigenvalue weighted by molar-refractivity contribution is 5.83. The molecule has 0 spiro atoms. The maximum atomic E-state index is 13.0. The Morgan fingerprint density at radius 1 is 1.12 bits per heavy atom. The monoisotopic (exact) mass is 351 g/mol. The second-order valence-corrected chi connectivity index (χ2v) is 6.83. The van der Waals surface area contributed by atoms with Crippen molar-refractivity contribution in [2.24, 2.45) is 5.73 Å². The minimum absolute atomic E-state index is 0.0126. The summed E-state index contributed by atoms with van der Waals surface area (Å²) >= 11 is 0. The van der Waals surface area contributed by atoms with E-state index in [-0.39, 0.29) is 18.4 Å². The van der Waals surface area contributed by atoms with Gasteiger partial charge in [-0.2, -0.15) is 0 Å². The number of nitrogens with two attached hydrogens (primary N) is 1. The van der Waals surface area contributed by atoms with Crippen LogP contribution in [-0.4, -0.2) is 35.8 Å². The van der Waals surface area contributed by atoms with Crippen LogP contribution in [0, 0.1) is 0 Å². The summed E-state index contributed by atoms with van der Waals surface area (Å²) in [7, 11) is 0. The van der Waals surface area contributed by atoms with E-state index in [4.69, 9.17) is 5.73 Å². The van der Waals surface area contributed by atoms with Gasteiger partial charge in [-0.3, -0.25) is 9.59 Å². The highest BCUT2D eigenvalue weighted by Crippen LogP contribution is 2.31. The van der Waals surface area contributed by atoms with Gasteiger partial charge < -0.3 is 15.5 Å². The van der Waals surface area contributed by atoms with Gasteiger partial charge in [0, 0.05) is 31.2 Å². The summed E-state index contributed by atoms with van der Waals surface area (Å²) in [6, 6.07) is 18.3. The molecule has 1 atom stereocenters. The van der Waals surface area contributed by atoms with Crippen molar-refractivity contribution in [2.45, 2.75) is 32.4 Å². The van der Waals surface area contributed by atoms with Gasteiger partial charge in [0.15, 0.2) is 0 Å². The zero-order chi connectivity index (χ0) is 18.5. The van der Waals surface area contributed by atoms with Gasteiger partial charge in [-0.05, 0) is 30.5 Å². The molecule has 2 aromatic carbocycles. The van der Waals surface area contributed by atoms with Crippen LogP contribution < -0.4 is 10.6 Å². The predicted molar refractivity (Wildman–Crippen MR) is 103 cm³/mol. The maximum Gasteiger partial charge on any atom is 0.242 e. The highest BCUT2D eigenvalue weighted by Gasteiger charge is 2.28. The van der Waals surface area contributed by atoms with Crippen LogP contribution in [0.4, 0.5) is 5.69 Å². The third-order valence-corrected chi connectivity index (χ3v) is 4.85. The lowest BCUT2D eigenvalue weighted by molar-refractivity contribution is -0.131. The van der Waals surface area contributed by atoms with Gasteiger partial charge in [-0.25, -0.2) is 0 Å². The molecule has 0 fully saturated rings. The molecule has 1 unspecified atom stereocenters. The normalized spacial score (nSPS) is 15.6. The van der Waals surface area contributed by atoms with Crippen molar-refractivity contribution in [2.75, 3.05) is 18.0 Å². The number of primary amides is 1. The number of benzene rings is 2. The number of fused-ring (bicyclic) bond motifs is 1. The highest BCUT2D eigenvalue weighted by atomic mass is 16.2. The second-order valence-electron chi connectivity index (χ2n) is 6.83. The summed E-state index contributed by atoms with van der Waals surface area (Å²) in [5.41, 5.74) is 8.74. The number of rotatable bonds is 7. The molecule has 136 valence electrons.